The number of hydrogen-bond acceptors (Lipinski definition) is 2. The molecule has 0 aliphatic carbocycles. The van der Waals surface area contributed by atoms with Gasteiger partial charge in [0.2, 0.25) is 0 Å². The molecule has 2 heteroatoms. The first-order valence-corrected chi connectivity index (χ1v) is 8.57. The Kier molecular flexibility index (Phi) is 5.83. The highest BCUT2D eigenvalue weighted by atomic mass is 16.3. The predicted octanol–water partition coefficient (Wildman–Crippen LogP) is 4.33. The zero-order chi connectivity index (χ0) is 15.3. The van der Waals surface area contributed by atoms with Gasteiger partial charge in [0.05, 0.1) is 6.10 Å². The van der Waals surface area contributed by atoms with Crippen molar-refractivity contribution < 1.29 is 5.11 Å². The normalized spacial score (nSPS) is 19.2. The first-order valence-electron chi connectivity index (χ1n) is 8.57. The van der Waals surface area contributed by atoms with Gasteiger partial charge in [-0.05, 0) is 57.3 Å². The van der Waals surface area contributed by atoms with Gasteiger partial charge < -0.3 is 5.11 Å². The van der Waals surface area contributed by atoms with Crippen molar-refractivity contribution in [2.24, 2.45) is 0 Å². The smallest absolute Gasteiger partial charge is 0.0968 e. The minimum absolute atomic E-state index is 0.199. The molecule has 0 bridgehead atoms. The lowest BCUT2D eigenvalue weighted by atomic mass is 9.88. The van der Waals surface area contributed by atoms with Gasteiger partial charge in [0.1, 0.15) is 0 Å². The minimum Gasteiger partial charge on any atom is -0.386 e. The largest absolute Gasteiger partial charge is 0.386 e. The van der Waals surface area contributed by atoms with E-state index in [-0.39, 0.29) is 5.54 Å². The van der Waals surface area contributed by atoms with Crippen LogP contribution in [0.4, 0.5) is 0 Å². The molecule has 0 radical (unpaired) electrons. The zero-order valence-corrected chi connectivity index (χ0v) is 13.9. The molecular formula is C19H31NO. The summed E-state index contributed by atoms with van der Waals surface area (Å²) < 4.78 is 0. The van der Waals surface area contributed by atoms with Gasteiger partial charge in [0.25, 0.3) is 0 Å². The maximum absolute atomic E-state index is 10.9. The van der Waals surface area contributed by atoms with Crippen LogP contribution in [0, 0.1) is 0 Å². The maximum atomic E-state index is 10.9. The molecule has 1 aromatic carbocycles. The van der Waals surface area contributed by atoms with Crippen molar-refractivity contribution in [2.45, 2.75) is 70.9 Å². The highest BCUT2D eigenvalue weighted by molar-refractivity contribution is 5.27. The summed E-state index contributed by atoms with van der Waals surface area (Å²) in [7, 11) is 0. The van der Waals surface area contributed by atoms with Crippen molar-refractivity contribution in [3.8, 4) is 0 Å². The van der Waals surface area contributed by atoms with E-state index in [0.717, 1.165) is 31.5 Å². The third kappa shape index (κ3) is 4.08. The number of rotatable bonds is 5. The van der Waals surface area contributed by atoms with Crippen molar-refractivity contribution in [3.63, 3.8) is 0 Å². The third-order valence-electron chi connectivity index (χ3n) is 4.90. The van der Waals surface area contributed by atoms with Crippen molar-refractivity contribution in [3.05, 3.63) is 35.4 Å². The van der Waals surface area contributed by atoms with Crippen molar-refractivity contribution in [1.82, 2.24) is 4.90 Å². The Morgan fingerprint density at radius 1 is 1.14 bits per heavy atom. The van der Waals surface area contributed by atoms with E-state index in [4.69, 9.17) is 0 Å². The quantitative estimate of drug-likeness (QED) is 0.872. The molecule has 1 atom stereocenters. The summed E-state index contributed by atoms with van der Waals surface area (Å²) in [4.78, 5) is 2.48. The van der Waals surface area contributed by atoms with E-state index in [1.54, 1.807) is 0 Å². The number of aliphatic hydroxyl groups excluding tert-OH is 1. The Morgan fingerprint density at radius 3 is 2.43 bits per heavy atom. The van der Waals surface area contributed by atoms with Gasteiger partial charge in [0.15, 0.2) is 0 Å². The number of hydrogen-bond donors (Lipinski definition) is 1. The Hall–Kier alpha value is -0.860. The SMILES string of the molecule is CCCc1cccc(C(O)C(C)(C)N2CCCCCC2)c1. The molecule has 0 aromatic heterocycles. The predicted molar refractivity (Wildman–Crippen MR) is 89.5 cm³/mol. The topological polar surface area (TPSA) is 23.5 Å². The molecule has 118 valence electrons. The van der Waals surface area contributed by atoms with Crippen LogP contribution in [0.2, 0.25) is 0 Å². The van der Waals surface area contributed by atoms with E-state index in [0.29, 0.717) is 0 Å². The number of aliphatic hydroxyl groups is 1. The van der Waals surface area contributed by atoms with Crippen molar-refractivity contribution in [1.29, 1.82) is 0 Å². The van der Waals surface area contributed by atoms with Gasteiger partial charge in [-0.1, -0.05) is 50.5 Å². The summed E-state index contributed by atoms with van der Waals surface area (Å²) in [5.74, 6) is 0. The van der Waals surface area contributed by atoms with Crippen LogP contribution in [0.3, 0.4) is 0 Å². The molecule has 2 nitrogen and oxygen atoms in total. The summed E-state index contributed by atoms with van der Waals surface area (Å²) in [5.41, 5.74) is 2.20. The molecule has 1 unspecified atom stereocenters. The zero-order valence-electron chi connectivity index (χ0n) is 13.9. The molecule has 1 heterocycles. The molecule has 1 aliphatic rings. The summed E-state index contributed by atoms with van der Waals surface area (Å²) in [6, 6.07) is 8.51. The van der Waals surface area contributed by atoms with Gasteiger partial charge in [-0.15, -0.1) is 0 Å². The molecular weight excluding hydrogens is 258 g/mol. The molecule has 2 rings (SSSR count). The highest BCUT2D eigenvalue weighted by Gasteiger charge is 2.35. The van der Waals surface area contributed by atoms with E-state index < -0.39 is 6.10 Å². The number of aryl methyl sites for hydroxylation is 1. The van der Waals surface area contributed by atoms with E-state index >= 15 is 0 Å². The standard InChI is InChI=1S/C19H31NO/c1-4-10-16-11-9-12-17(15-16)18(21)19(2,3)20-13-7-5-6-8-14-20/h9,11-12,15,18,21H,4-8,10,13-14H2,1-3H3. The Balaban J connectivity index is 2.15. The lowest BCUT2D eigenvalue weighted by molar-refractivity contribution is -0.0100. The second-order valence-electron chi connectivity index (χ2n) is 6.95. The maximum Gasteiger partial charge on any atom is 0.0968 e. The molecule has 0 amide bonds. The van der Waals surface area contributed by atoms with Crippen molar-refractivity contribution in [2.75, 3.05) is 13.1 Å². The summed E-state index contributed by atoms with van der Waals surface area (Å²) in [6.07, 6.45) is 6.98. The monoisotopic (exact) mass is 289 g/mol. The molecule has 21 heavy (non-hydrogen) atoms. The number of benzene rings is 1. The van der Waals surface area contributed by atoms with Crippen LogP contribution in [-0.4, -0.2) is 28.6 Å². The van der Waals surface area contributed by atoms with Gasteiger partial charge in [0, 0.05) is 5.54 Å². The minimum atomic E-state index is -0.424. The van der Waals surface area contributed by atoms with Crippen LogP contribution in [0.5, 0.6) is 0 Å². The Morgan fingerprint density at radius 2 is 1.81 bits per heavy atom. The molecule has 0 saturated carbocycles. The van der Waals surface area contributed by atoms with Crippen LogP contribution in [0.25, 0.3) is 0 Å². The van der Waals surface area contributed by atoms with E-state index in [1.807, 2.05) is 0 Å². The second kappa shape index (κ2) is 7.42. The average molecular weight is 289 g/mol. The van der Waals surface area contributed by atoms with Crippen LogP contribution in [-0.2, 0) is 6.42 Å². The Labute approximate surface area is 130 Å². The van der Waals surface area contributed by atoms with Crippen molar-refractivity contribution >= 4 is 0 Å². The van der Waals surface area contributed by atoms with Gasteiger partial charge >= 0.3 is 0 Å². The Bertz CT molecular complexity index is 433. The number of likely N-dealkylation sites (tertiary alicyclic amines) is 1. The van der Waals surface area contributed by atoms with E-state index in [1.165, 1.54) is 31.2 Å². The first kappa shape index (κ1) is 16.5. The fourth-order valence-corrected chi connectivity index (χ4v) is 3.44. The molecule has 1 N–H and O–H groups in total. The molecule has 1 aliphatic heterocycles. The molecule has 0 spiro atoms. The highest BCUT2D eigenvalue weighted by Crippen LogP contribution is 2.33. The fourth-order valence-electron chi connectivity index (χ4n) is 3.44. The van der Waals surface area contributed by atoms with Crippen LogP contribution in [0.1, 0.15) is 70.1 Å². The van der Waals surface area contributed by atoms with Crippen LogP contribution in [0.15, 0.2) is 24.3 Å². The van der Waals surface area contributed by atoms with E-state index in [9.17, 15) is 5.11 Å². The fraction of sp³-hybridized carbons (Fsp3) is 0.684. The lowest BCUT2D eigenvalue weighted by Gasteiger charge is -2.41. The van der Waals surface area contributed by atoms with Crippen LogP contribution < -0.4 is 0 Å². The summed E-state index contributed by atoms with van der Waals surface area (Å²) in [5, 5.41) is 10.9. The second-order valence-corrected chi connectivity index (χ2v) is 6.95. The van der Waals surface area contributed by atoms with Crippen LogP contribution >= 0.6 is 0 Å². The molecule has 1 aromatic rings. The molecule has 1 saturated heterocycles. The number of nitrogens with zero attached hydrogens (tertiary/aromatic N) is 1. The first-order chi connectivity index (χ1) is 10.1. The van der Waals surface area contributed by atoms with E-state index in [2.05, 4.69) is 49.9 Å². The third-order valence-corrected chi connectivity index (χ3v) is 4.90. The van der Waals surface area contributed by atoms with Gasteiger partial charge in [-0.2, -0.15) is 0 Å². The van der Waals surface area contributed by atoms with Gasteiger partial charge in [-0.3, -0.25) is 4.90 Å². The average Bonchev–Trinajstić information content (AvgIpc) is 2.76. The lowest BCUT2D eigenvalue weighted by Crippen LogP contribution is -2.48. The molecule has 1 fully saturated rings. The summed E-state index contributed by atoms with van der Waals surface area (Å²) >= 11 is 0. The van der Waals surface area contributed by atoms with Gasteiger partial charge in [-0.25, -0.2) is 0 Å². The summed E-state index contributed by atoms with van der Waals surface area (Å²) in [6.45, 7) is 8.80.